The first-order valence-electron chi connectivity index (χ1n) is 5.59. The molecule has 0 amide bonds. The van der Waals surface area contributed by atoms with Crippen molar-refractivity contribution in [2.75, 3.05) is 20.1 Å². The Bertz CT molecular complexity index is 143. The fourth-order valence-corrected chi connectivity index (χ4v) is 1.97. The van der Waals surface area contributed by atoms with Crippen LogP contribution in [-0.4, -0.2) is 31.1 Å². The lowest BCUT2D eigenvalue weighted by Gasteiger charge is -2.29. The first-order chi connectivity index (χ1) is 6.19. The predicted octanol–water partition coefficient (Wildman–Crippen LogP) is 1.70. The molecule has 0 aromatic heterocycles. The maximum Gasteiger partial charge on any atom is 0.0243 e. The molecule has 1 aliphatic carbocycles. The molecule has 1 rings (SSSR count). The van der Waals surface area contributed by atoms with Gasteiger partial charge in [0.05, 0.1) is 0 Å². The minimum absolute atomic E-state index is 0.647. The fourth-order valence-electron chi connectivity index (χ4n) is 1.97. The molecule has 0 bridgehead atoms. The van der Waals surface area contributed by atoms with Crippen LogP contribution in [0.4, 0.5) is 0 Å². The number of nitrogens with two attached hydrogens (primary N) is 1. The number of nitrogens with zero attached hydrogens (tertiary/aromatic N) is 1. The van der Waals surface area contributed by atoms with Gasteiger partial charge in [-0.05, 0) is 31.7 Å². The van der Waals surface area contributed by atoms with E-state index in [4.69, 9.17) is 5.73 Å². The lowest BCUT2D eigenvalue weighted by molar-refractivity contribution is 0.194. The Morgan fingerprint density at radius 2 is 2.08 bits per heavy atom. The highest BCUT2D eigenvalue weighted by molar-refractivity contribution is 4.88. The Balaban J connectivity index is 2.30. The first-order valence-corrected chi connectivity index (χ1v) is 5.59. The molecular weight excluding hydrogens is 160 g/mol. The van der Waals surface area contributed by atoms with E-state index in [1.165, 1.54) is 25.8 Å². The zero-order valence-electron chi connectivity index (χ0n) is 9.29. The molecule has 78 valence electrons. The van der Waals surface area contributed by atoms with Crippen molar-refractivity contribution in [3.63, 3.8) is 0 Å². The molecule has 0 radical (unpaired) electrons. The summed E-state index contributed by atoms with van der Waals surface area (Å²) >= 11 is 0. The van der Waals surface area contributed by atoms with Crippen LogP contribution in [0.3, 0.4) is 0 Å². The molecule has 2 N–H and O–H groups in total. The van der Waals surface area contributed by atoms with Crippen molar-refractivity contribution in [3.8, 4) is 0 Å². The summed E-state index contributed by atoms with van der Waals surface area (Å²) < 4.78 is 0. The second-order valence-corrected chi connectivity index (χ2v) is 4.59. The largest absolute Gasteiger partial charge is 0.329 e. The van der Waals surface area contributed by atoms with Gasteiger partial charge in [0.2, 0.25) is 0 Å². The van der Waals surface area contributed by atoms with Crippen molar-refractivity contribution in [1.29, 1.82) is 0 Å². The van der Waals surface area contributed by atoms with E-state index in [0.717, 1.165) is 18.4 Å². The summed E-state index contributed by atoms with van der Waals surface area (Å²) in [5.41, 5.74) is 5.79. The molecule has 1 aliphatic rings. The van der Waals surface area contributed by atoms with Gasteiger partial charge in [-0.1, -0.05) is 20.3 Å². The van der Waals surface area contributed by atoms with Crippen LogP contribution >= 0.6 is 0 Å². The van der Waals surface area contributed by atoms with Gasteiger partial charge >= 0.3 is 0 Å². The van der Waals surface area contributed by atoms with Crippen LogP contribution in [0.2, 0.25) is 0 Å². The van der Waals surface area contributed by atoms with Crippen molar-refractivity contribution in [3.05, 3.63) is 0 Å². The molecule has 2 atom stereocenters. The standard InChI is InChI=1S/C11H24N2/c1-4-9(2)8-13(3)11(7-12)10-5-6-10/h9-11H,4-8,12H2,1-3H3. The van der Waals surface area contributed by atoms with E-state index < -0.39 is 0 Å². The second-order valence-electron chi connectivity index (χ2n) is 4.59. The summed E-state index contributed by atoms with van der Waals surface area (Å²) in [5, 5.41) is 0. The van der Waals surface area contributed by atoms with E-state index in [2.05, 4.69) is 25.8 Å². The molecular formula is C11H24N2. The van der Waals surface area contributed by atoms with Crippen molar-refractivity contribution >= 4 is 0 Å². The monoisotopic (exact) mass is 184 g/mol. The minimum atomic E-state index is 0.647. The third-order valence-electron chi connectivity index (χ3n) is 3.27. The minimum Gasteiger partial charge on any atom is -0.329 e. The van der Waals surface area contributed by atoms with Gasteiger partial charge < -0.3 is 10.6 Å². The van der Waals surface area contributed by atoms with Gasteiger partial charge in [0.25, 0.3) is 0 Å². The molecule has 13 heavy (non-hydrogen) atoms. The van der Waals surface area contributed by atoms with E-state index in [9.17, 15) is 0 Å². The average molecular weight is 184 g/mol. The molecule has 2 unspecified atom stereocenters. The number of hydrogen-bond donors (Lipinski definition) is 1. The first kappa shape index (κ1) is 11.0. The molecule has 0 aromatic rings. The highest BCUT2D eigenvalue weighted by Crippen LogP contribution is 2.34. The van der Waals surface area contributed by atoms with Crippen LogP contribution in [-0.2, 0) is 0 Å². The van der Waals surface area contributed by atoms with Gasteiger partial charge in [-0.15, -0.1) is 0 Å². The van der Waals surface area contributed by atoms with E-state index in [1.807, 2.05) is 0 Å². The number of rotatable bonds is 6. The average Bonchev–Trinajstić information content (AvgIpc) is 2.89. The maximum atomic E-state index is 5.79. The zero-order valence-corrected chi connectivity index (χ0v) is 9.29. The molecule has 2 nitrogen and oxygen atoms in total. The molecule has 0 aromatic carbocycles. The summed E-state index contributed by atoms with van der Waals surface area (Å²) in [6.45, 7) is 6.61. The molecule has 0 saturated heterocycles. The zero-order chi connectivity index (χ0) is 9.84. The van der Waals surface area contributed by atoms with Crippen LogP contribution in [0.5, 0.6) is 0 Å². The summed E-state index contributed by atoms with van der Waals surface area (Å²) in [6.07, 6.45) is 4.06. The fraction of sp³-hybridized carbons (Fsp3) is 1.00. The summed E-state index contributed by atoms with van der Waals surface area (Å²) in [5.74, 6) is 1.71. The molecule has 0 spiro atoms. The summed E-state index contributed by atoms with van der Waals surface area (Å²) in [6, 6.07) is 0.647. The molecule has 0 aliphatic heterocycles. The van der Waals surface area contributed by atoms with Gasteiger partial charge in [0.15, 0.2) is 0 Å². The van der Waals surface area contributed by atoms with Crippen molar-refractivity contribution in [2.45, 2.75) is 39.2 Å². The molecule has 2 heteroatoms. The van der Waals surface area contributed by atoms with Gasteiger partial charge in [-0.3, -0.25) is 0 Å². The van der Waals surface area contributed by atoms with Gasteiger partial charge in [-0.25, -0.2) is 0 Å². The van der Waals surface area contributed by atoms with Crippen molar-refractivity contribution < 1.29 is 0 Å². The Hall–Kier alpha value is -0.0800. The Kier molecular flexibility index (Phi) is 4.20. The molecule has 1 fully saturated rings. The second kappa shape index (κ2) is 4.97. The number of hydrogen-bond acceptors (Lipinski definition) is 2. The Morgan fingerprint density at radius 1 is 1.46 bits per heavy atom. The van der Waals surface area contributed by atoms with Crippen molar-refractivity contribution in [2.24, 2.45) is 17.6 Å². The van der Waals surface area contributed by atoms with E-state index in [-0.39, 0.29) is 0 Å². The predicted molar refractivity (Wildman–Crippen MR) is 57.7 cm³/mol. The van der Waals surface area contributed by atoms with E-state index >= 15 is 0 Å². The normalized spacial score (nSPS) is 21.9. The van der Waals surface area contributed by atoms with Crippen LogP contribution in [0.1, 0.15) is 33.1 Å². The van der Waals surface area contributed by atoms with Crippen LogP contribution in [0.15, 0.2) is 0 Å². The Labute approximate surface area is 82.5 Å². The highest BCUT2D eigenvalue weighted by atomic mass is 15.1. The van der Waals surface area contributed by atoms with Crippen LogP contribution < -0.4 is 5.73 Å². The lowest BCUT2D eigenvalue weighted by atomic mass is 10.1. The summed E-state index contributed by atoms with van der Waals surface area (Å²) in [4.78, 5) is 2.46. The topological polar surface area (TPSA) is 29.3 Å². The van der Waals surface area contributed by atoms with Gasteiger partial charge in [0.1, 0.15) is 0 Å². The van der Waals surface area contributed by atoms with Gasteiger partial charge in [-0.2, -0.15) is 0 Å². The number of likely N-dealkylation sites (N-methyl/N-ethyl adjacent to an activating group) is 1. The maximum absolute atomic E-state index is 5.79. The third kappa shape index (κ3) is 3.28. The van der Waals surface area contributed by atoms with E-state index in [0.29, 0.717) is 6.04 Å². The van der Waals surface area contributed by atoms with Gasteiger partial charge in [0, 0.05) is 19.1 Å². The van der Waals surface area contributed by atoms with E-state index in [1.54, 1.807) is 0 Å². The lowest BCUT2D eigenvalue weighted by Crippen LogP contribution is -2.41. The summed E-state index contributed by atoms with van der Waals surface area (Å²) in [7, 11) is 2.22. The SMILES string of the molecule is CCC(C)CN(C)C(CN)C1CC1. The Morgan fingerprint density at radius 3 is 2.46 bits per heavy atom. The third-order valence-corrected chi connectivity index (χ3v) is 3.27. The quantitative estimate of drug-likeness (QED) is 0.681. The van der Waals surface area contributed by atoms with Crippen LogP contribution in [0.25, 0.3) is 0 Å². The molecule has 1 saturated carbocycles. The smallest absolute Gasteiger partial charge is 0.0243 e. The van der Waals surface area contributed by atoms with Crippen molar-refractivity contribution in [1.82, 2.24) is 4.90 Å². The highest BCUT2D eigenvalue weighted by Gasteiger charge is 2.32. The molecule has 0 heterocycles. The van der Waals surface area contributed by atoms with Crippen LogP contribution in [0, 0.1) is 11.8 Å².